The number of hydrogen-bond donors (Lipinski definition) is 1. The Hall–Kier alpha value is -1.65. The quantitative estimate of drug-likeness (QED) is 0.892. The maximum absolute atomic E-state index is 11.4. The molecular formula is C17H21NO2S. The van der Waals surface area contributed by atoms with Crippen LogP contribution in [0.1, 0.15) is 30.0 Å². The van der Waals surface area contributed by atoms with Crippen LogP contribution in [0, 0.1) is 0 Å². The van der Waals surface area contributed by atoms with Crippen LogP contribution in [0.2, 0.25) is 0 Å². The lowest BCUT2D eigenvalue weighted by molar-refractivity contribution is 0.600. The van der Waals surface area contributed by atoms with Crippen LogP contribution < -0.4 is 5.73 Å². The molecule has 2 rings (SSSR count). The fourth-order valence-corrected chi connectivity index (χ4v) is 2.93. The number of benzene rings is 2. The highest BCUT2D eigenvalue weighted by atomic mass is 32.2. The molecule has 0 spiro atoms. The van der Waals surface area contributed by atoms with Gasteiger partial charge >= 0.3 is 0 Å². The molecule has 0 aromatic heterocycles. The van der Waals surface area contributed by atoms with Crippen molar-refractivity contribution in [2.24, 2.45) is 5.73 Å². The second-order valence-corrected chi connectivity index (χ2v) is 7.34. The lowest BCUT2D eigenvalue weighted by atomic mass is 10.00. The molecule has 0 fully saturated rings. The number of nitrogens with two attached hydrogens (primary N) is 1. The Morgan fingerprint density at radius 2 is 1.62 bits per heavy atom. The Bertz CT molecular complexity index is 664. The monoisotopic (exact) mass is 303 g/mol. The third-order valence-corrected chi connectivity index (χ3v) is 4.69. The van der Waals surface area contributed by atoms with Gasteiger partial charge in [0.2, 0.25) is 0 Å². The highest BCUT2D eigenvalue weighted by molar-refractivity contribution is 7.90. The Kier molecular flexibility index (Phi) is 5.15. The van der Waals surface area contributed by atoms with Crippen molar-refractivity contribution in [1.82, 2.24) is 0 Å². The van der Waals surface area contributed by atoms with Crippen molar-refractivity contribution >= 4 is 9.84 Å². The molecule has 112 valence electrons. The van der Waals surface area contributed by atoms with Gasteiger partial charge in [0, 0.05) is 12.3 Å². The molecule has 0 bridgehead atoms. The van der Waals surface area contributed by atoms with Crippen molar-refractivity contribution in [3.05, 3.63) is 65.7 Å². The second kappa shape index (κ2) is 6.87. The van der Waals surface area contributed by atoms with Crippen LogP contribution in [0.15, 0.2) is 59.5 Å². The molecule has 0 saturated carbocycles. The van der Waals surface area contributed by atoms with Gasteiger partial charge in [-0.25, -0.2) is 8.42 Å². The summed E-state index contributed by atoms with van der Waals surface area (Å²) in [6.45, 7) is 0. The average Bonchev–Trinajstić information content (AvgIpc) is 2.47. The summed E-state index contributed by atoms with van der Waals surface area (Å²) in [5.41, 5.74) is 8.47. The number of rotatable bonds is 6. The van der Waals surface area contributed by atoms with E-state index < -0.39 is 9.84 Å². The van der Waals surface area contributed by atoms with E-state index >= 15 is 0 Å². The van der Waals surface area contributed by atoms with Crippen molar-refractivity contribution in [3.8, 4) is 0 Å². The summed E-state index contributed by atoms with van der Waals surface area (Å²) >= 11 is 0. The van der Waals surface area contributed by atoms with Crippen molar-refractivity contribution in [1.29, 1.82) is 0 Å². The molecule has 3 nitrogen and oxygen atoms in total. The van der Waals surface area contributed by atoms with Crippen molar-refractivity contribution in [2.75, 3.05) is 6.26 Å². The minimum absolute atomic E-state index is 0.0534. The summed E-state index contributed by atoms with van der Waals surface area (Å²) in [5.74, 6) is 0. The molecule has 0 saturated heterocycles. The van der Waals surface area contributed by atoms with E-state index in [9.17, 15) is 8.42 Å². The Labute approximate surface area is 126 Å². The van der Waals surface area contributed by atoms with Gasteiger partial charge in [-0.3, -0.25) is 0 Å². The first-order chi connectivity index (χ1) is 9.97. The SMILES string of the molecule is CS(=O)(=O)c1ccc(C(N)CCCc2ccccc2)cc1. The molecule has 0 heterocycles. The van der Waals surface area contributed by atoms with Crippen molar-refractivity contribution in [2.45, 2.75) is 30.2 Å². The van der Waals surface area contributed by atoms with Gasteiger partial charge in [-0.1, -0.05) is 42.5 Å². The summed E-state index contributed by atoms with van der Waals surface area (Å²) in [4.78, 5) is 0.336. The zero-order valence-corrected chi connectivity index (χ0v) is 13.0. The highest BCUT2D eigenvalue weighted by Gasteiger charge is 2.09. The van der Waals surface area contributed by atoms with Crippen LogP contribution in [-0.2, 0) is 16.3 Å². The summed E-state index contributed by atoms with van der Waals surface area (Å²) < 4.78 is 22.8. The summed E-state index contributed by atoms with van der Waals surface area (Å²) in [6.07, 6.45) is 4.11. The molecule has 0 aliphatic heterocycles. The molecule has 4 heteroatoms. The third-order valence-electron chi connectivity index (χ3n) is 3.56. The first kappa shape index (κ1) is 15.7. The van der Waals surface area contributed by atoms with Gasteiger partial charge in [0.1, 0.15) is 0 Å². The smallest absolute Gasteiger partial charge is 0.175 e. The van der Waals surface area contributed by atoms with Crippen molar-refractivity contribution in [3.63, 3.8) is 0 Å². The van der Waals surface area contributed by atoms with Gasteiger partial charge in [0.05, 0.1) is 4.90 Å². The van der Waals surface area contributed by atoms with Gasteiger partial charge in [-0.15, -0.1) is 0 Å². The maximum Gasteiger partial charge on any atom is 0.175 e. The van der Waals surface area contributed by atoms with E-state index in [4.69, 9.17) is 5.73 Å². The number of sulfone groups is 1. The van der Waals surface area contributed by atoms with E-state index in [1.165, 1.54) is 11.8 Å². The van der Waals surface area contributed by atoms with Crippen LogP contribution in [0.4, 0.5) is 0 Å². The van der Waals surface area contributed by atoms with Crippen LogP contribution in [-0.4, -0.2) is 14.7 Å². The molecular weight excluding hydrogens is 282 g/mol. The molecule has 1 atom stereocenters. The molecule has 0 radical (unpaired) electrons. The number of aryl methyl sites for hydroxylation is 1. The van der Waals surface area contributed by atoms with Crippen molar-refractivity contribution < 1.29 is 8.42 Å². The molecule has 2 aromatic rings. The second-order valence-electron chi connectivity index (χ2n) is 5.33. The molecule has 0 aliphatic carbocycles. The third kappa shape index (κ3) is 4.69. The Morgan fingerprint density at radius 1 is 1.00 bits per heavy atom. The lowest BCUT2D eigenvalue weighted by Gasteiger charge is -2.12. The minimum Gasteiger partial charge on any atom is -0.324 e. The lowest BCUT2D eigenvalue weighted by Crippen LogP contribution is -2.10. The molecule has 0 aliphatic rings. The topological polar surface area (TPSA) is 60.2 Å². The number of hydrogen-bond acceptors (Lipinski definition) is 3. The van der Waals surface area contributed by atoms with E-state index in [1.807, 2.05) is 30.3 Å². The zero-order chi connectivity index (χ0) is 15.3. The molecule has 2 N–H and O–H groups in total. The molecule has 1 unspecified atom stereocenters. The van der Waals surface area contributed by atoms with Gasteiger partial charge in [0.25, 0.3) is 0 Å². The predicted octanol–water partition coefficient (Wildman–Crippen LogP) is 3.11. The minimum atomic E-state index is -3.14. The molecule has 0 amide bonds. The first-order valence-corrected chi connectivity index (χ1v) is 8.95. The van der Waals surface area contributed by atoms with Gasteiger partial charge < -0.3 is 5.73 Å². The fraction of sp³-hybridized carbons (Fsp3) is 0.294. The molecule has 21 heavy (non-hydrogen) atoms. The van der Waals surface area contributed by atoms with Gasteiger partial charge in [-0.2, -0.15) is 0 Å². The van der Waals surface area contributed by atoms with E-state index in [0.717, 1.165) is 24.8 Å². The highest BCUT2D eigenvalue weighted by Crippen LogP contribution is 2.19. The summed E-state index contributed by atoms with van der Waals surface area (Å²) in [7, 11) is -3.14. The summed E-state index contributed by atoms with van der Waals surface area (Å²) in [5, 5.41) is 0. The fourth-order valence-electron chi connectivity index (χ4n) is 2.30. The standard InChI is InChI=1S/C17H21NO2S/c1-21(19,20)16-12-10-15(11-13-16)17(18)9-5-8-14-6-3-2-4-7-14/h2-4,6-7,10-13,17H,5,8-9,18H2,1H3. The first-order valence-electron chi connectivity index (χ1n) is 7.06. The van der Waals surface area contributed by atoms with Gasteiger partial charge in [-0.05, 0) is 42.5 Å². The van der Waals surface area contributed by atoms with E-state index in [0.29, 0.717) is 4.90 Å². The zero-order valence-electron chi connectivity index (χ0n) is 12.2. The van der Waals surface area contributed by atoms with Crippen LogP contribution in [0.5, 0.6) is 0 Å². The van der Waals surface area contributed by atoms with Crippen LogP contribution >= 0.6 is 0 Å². The summed E-state index contributed by atoms with van der Waals surface area (Å²) in [6, 6.07) is 17.1. The van der Waals surface area contributed by atoms with Crippen LogP contribution in [0.25, 0.3) is 0 Å². The van der Waals surface area contributed by atoms with E-state index in [1.54, 1.807) is 12.1 Å². The normalized spacial score (nSPS) is 13.0. The molecule has 2 aromatic carbocycles. The Morgan fingerprint density at radius 3 is 2.19 bits per heavy atom. The average molecular weight is 303 g/mol. The largest absolute Gasteiger partial charge is 0.324 e. The maximum atomic E-state index is 11.4. The predicted molar refractivity (Wildman–Crippen MR) is 85.9 cm³/mol. The van der Waals surface area contributed by atoms with E-state index in [-0.39, 0.29) is 6.04 Å². The van der Waals surface area contributed by atoms with Crippen LogP contribution in [0.3, 0.4) is 0 Å². The van der Waals surface area contributed by atoms with E-state index in [2.05, 4.69) is 12.1 Å². The van der Waals surface area contributed by atoms with Gasteiger partial charge in [0.15, 0.2) is 9.84 Å². The Balaban J connectivity index is 1.90.